The molecule has 0 aliphatic carbocycles. The van der Waals surface area contributed by atoms with Gasteiger partial charge in [-0.2, -0.15) is 0 Å². The van der Waals surface area contributed by atoms with Crippen LogP contribution in [0.4, 0.5) is 4.39 Å². The van der Waals surface area contributed by atoms with Gasteiger partial charge >= 0.3 is 0 Å². The van der Waals surface area contributed by atoms with Crippen LogP contribution in [0.3, 0.4) is 0 Å². The molecule has 0 aliphatic rings. The van der Waals surface area contributed by atoms with E-state index in [0.717, 1.165) is 14.2 Å². The minimum atomic E-state index is -0.263. The Kier molecular flexibility index (Phi) is 4.60. The minimum absolute atomic E-state index is 0.223. The zero-order valence-electron chi connectivity index (χ0n) is 11.0. The smallest absolute Gasteiger partial charge is 0.132 e. The summed E-state index contributed by atoms with van der Waals surface area (Å²) in [5.74, 6) is 0.293. The number of ether oxygens (including phenoxy) is 1. The van der Waals surface area contributed by atoms with E-state index in [1.807, 2.05) is 20.0 Å². The highest BCUT2D eigenvalue weighted by Gasteiger charge is 2.23. The van der Waals surface area contributed by atoms with Crippen molar-refractivity contribution in [3.8, 4) is 5.75 Å². The number of aryl methyl sites for hydroxylation is 1. The summed E-state index contributed by atoms with van der Waals surface area (Å²) in [5, 5.41) is 3.17. The molecule has 0 fully saturated rings. The molecule has 0 radical (unpaired) electrons. The van der Waals surface area contributed by atoms with Crippen LogP contribution in [0, 0.1) is 12.7 Å². The number of methoxy groups -OCH3 is 1. The van der Waals surface area contributed by atoms with Gasteiger partial charge < -0.3 is 10.1 Å². The van der Waals surface area contributed by atoms with E-state index in [9.17, 15) is 4.39 Å². The molecule has 1 atom stereocenters. The van der Waals surface area contributed by atoms with E-state index in [1.165, 1.54) is 6.07 Å². The van der Waals surface area contributed by atoms with Gasteiger partial charge in [0.1, 0.15) is 11.6 Å². The molecule has 1 aromatic carbocycles. The van der Waals surface area contributed by atoms with E-state index >= 15 is 0 Å². The first-order valence-electron chi connectivity index (χ1n) is 5.84. The molecule has 5 heteroatoms. The molecule has 2 aromatic rings. The maximum Gasteiger partial charge on any atom is 0.132 e. The van der Waals surface area contributed by atoms with Crippen LogP contribution in [-0.4, -0.2) is 14.2 Å². The van der Waals surface area contributed by atoms with E-state index in [2.05, 4.69) is 21.2 Å². The number of nitrogens with one attached hydrogen (secondary N) is 1. The molecule has 1 N–H and O–H groups in total. The molecule has 1 heterocycles. The van der Waals surface area contributed by atoms with Crippen molar-refractivity contribution in [3.63, 3.8) is 0 Å². The van der Waals surface area contributed by atoms with Crippen LogP contribution >= 0.6 is 27.3 Å². The Morgan fingerprint density at radius 1 is 1.42 bits per heavy atom. The topological polar surface area (TPSA) is 21.3 Å². The fourth-order valence-electron chi connectivity index (χ4n) is 2.18. The first-order chi connectivity index (χ1) is 9.08. The van der Waals surface area contributed by atoms with Crippen molar-refractivity contribution in [2.24, 2.45) is 0 Å². The van der Waals surface area contributed by atoms with Gasteiger partial charge in [-0.15, -0.1) is 11.3 Å². The summed E-state index contributed by atoms with van der Waals surface area (Å²) in [5.41, 5.74) is 1.60. The monoisotopic (exact) mass is 343 g/mol. The summed E-state index contributed by atoms with van der Waals surface area (Å²) in [6, 6.07) is 6.69. The summed E-state index contributed by atoms with van der Waals surface area (Å²) in [6.07, 6.45) is 0. The van der Waals surface area contributed by atoms with Gasteiger partial charge in [-0.3, -0.25) is 0 Å². The number of hydrogen-bond acceptors (Lipinski definition) is 3. The van der Waals surface area contributed by atoms with Crippen LogP contribution in [0.5, 0.6) is 5.75 Å². The lowest BCUT2D eigenvalue weighted by molar-refractivity contribution is 0.398. The average molecular weight is 344 g/mol. The number of rotatable bonds is 4. The van der Waals surface area contributed by atoms with Crippen LogP contribution < -0.4 is 10.1 Å². The minimum Gasteiger partial charge on any atom is -0.496 e. The van der Waals surface area contributed by atoms with Crippen molar-refractivity contribution in [1.82, 2.24) is 5.32 Å². The van der Waals surface area contributed by atoms with Gasteiger partial charge in [0.05, 0.1) is 22.5 Å². The zero-order valence-corrected chi connectivity index (χ0v) is 13.4. The van der Waals surface area contributed by atoms with Gasteiger partial charge in [-0.1, -0.05) is 6.07 Å². The molecule has 2 rings (SSSR count). The summed E-state index contributed by atoms with van der Waals surface area (Å²) in [4.78, 5) is 1.15. The third-order valence-electron chi connectivity index (χ3n) is 3.05. The zero-order chi connectivity index (χ0) is 14.0. The van der Waals surface area contributed by atoms with Crippen molar-refractivity contribution in [3.05, 3.63) is 49.9 Å². The van der Waals surface area contributed by atoms with Gasteiger partial charge in [-0.25, -0.2) is 4.39 Å². The molecule has 1 unspecified atom stereocenters. The van der Waals surface area contributed by atoms with Crippen LogP contribution in [0.2, 0.25) is 0 Å². The summed E-state index contributed by atoms with van der Waals surface area (Å²) >= 11 is 5.11. The fraction of sp³-hybridized carbons (Fsp3) is 0.286. The van der Waals surface area contributed by atoms with Crippen molar-refractivity contribution < 1.29 is 9.13 Å². The van der Waals surface area contributed by atoms with E-state index in [-0.39, 0.29) is 11.9 Å². The number of hydrogen-bond donors (Lipinski definition) is 1. The van der Waals surface area contributed by atoms with Crippen LogP contribution in [0.25, 0.3) is 0 Å². The highest BCUT2D eigenvalue weighted by Crippen LogP contribution is 2.37. The highest BCUT2D eigenvalue weighted by atomic mass is 79.9. The summed E-state index contributed by atoms with van der Waals surface area (Å²) in [7, 11) is 3.38. The SMILES string of the molecule is CNC(c1cc(Br)sc1C)c1c(F)cccc1OC. The fourth-order valence-corrected chi connectivity index (χ4v) is 3.92. The van der Waals surface area contributed by atoms with E-state index in [4.69, 9.17) is 4.74 Å². The number of halogens is 2. The Labute approximate surface area is 124 Å². The predicted octanol–water partition coefficient (Wildman–Crippen LogP) is 4.28. The molecule has 0 saturated carbocycles. The lowest BCUT2D eigenvalue weighted by Crippen LogP contribution is -2.20. The van der Waals surface area contributed by atoms with Crippen LogP contribution in [0.1, 0.15) is 22.0 Å². The summed E-state index contributed by atoms with van der Waals surface area (Å²) in [6.45, 7) is 2.03. The normalized spacial score (nSPS) is 12.5. The lowest BCUT2D eigenvalue weighted by atomic mass is 9.98. The third kappa shape index (κ3) is 2.83. The Morgan fingerprint density at radius 2 is 2.16 bits per heavy atom. The van der Waals surface area contributed by atoms with E-state index < -0.39 is 0 Å². The molecule has 102 valence electrons. The second kappa shape index (κ2) is 6.03. The second-order valence-corrected chi connectivity index (χ2v) is 6.78. The maximum absolute atomic E-state index is 14.2. The molecule has 0 spiro atoms. The van der Waals surface area contributed by atoms with Gasteiger partial charge in [0.25, 0.3) is 0 Å². The molecule has 1 aromatic heterocycles. The van der Waals surface area contributed by atoms with E-state index in [1.54, 1.807) is 30.6 Å². The Morgan fingerprint density at radius 3 is 2.68 bits per heavy atom. The standard InChI is InChI=1S/C14H15BrFNOS/c1-8-9(7-12(15)19-8)14(17-2)13-10(16)5-4-6-11(13)18-3/h4-7,14,17H,1-3H3. The van der Waals surface area contributed by atoms with Gasteiger partial charge in [-0.05, 0) is 53.7 Å². The molecule has 0 saturated heterocycles. The van der Waals surface area contributed by atoms with Crippen molar-refractivity contribution in [2.75, 3.05) is 14.2 Å². The third-order valence-corrected chi connectivity index (χ3v) is 4.62. The summed E-state index contributed by atoms with van der Waals surface area (Å²) < 4.78 is 20.5. The predicted molar refractivity (Wildman–Crippen MR) is 80.6 cm³/mol. The molecule has 0 aliphatic heterocycles. The van der Waals surface area contributed by atoms with Crippen LogP contribution in [0.15, 0.2) is 28.1 Å². The Balaban J connectivity index is 2.57. The van der Waals surface area contributed by atoms with Crippen molar-refractivity contribution >= 4 is 27.3 Å². The Hall–Kier alpha value is -0.910. The second-order valence-electron chi connectivity index (χ2n) is 4.14. The average Bonchev–Trinajstić information content (AvgIpc) is 2.71. The molecular formula is C14H15BrFNOS. The quantitative estimate of drug-likeness (QED) is 0.894. The molecule has 2 nitrogen and oxygen atoms in total. The van der Waals surface area contributed by atoms with E-state index in [0.29, 0.717) is 11.3 Å². The largest absolute Gasteiger partial charge is 0.496 e. The van der Waals surface area contributed by atoms with Gasteiger partial charge in [0.2, 0.25) is 0 Å². The van der Waals surface area contributed by atoms with Gasteiger partial charge in [0, 0.05) is 4.88 Å². The highest BCUT2D eigenvalue weighted by molar-refractivity contribution is 9.11. The molecular weight excluding hydrogens is 329 g/mol. The molecule has 0 amide bonds. The van der Waals surface area contributed by atoms with Gasteiger partial charge in [0.15, 0.2) is 0 Å². The number of benzene rings is 1. The first kappa shape index (κ1) is 14.5. The number of thiophene rings is 1. The molecule has 0 bridgehead atoms. The maximum atomic E-state index is 14.2. The Bertz CT molecular complexity index is 585. The van der Waals surface area contributed by atoms with Crippen LogP contribution in [-0.2, 0) is 0 Å². The lowest BCUT2D eigenvalue weighted by Gasteiger charge is -2.20. The first-order valence-corrected chi connectivity index (χ1v) is 7.45. The van der Waals surface area contributed by atoms with Crippen molar-refractivity contribution in [2.45, 2.75) is 13.0 Å². The van der Waals surface area contributed by atoms with Crippen molar-refractivity contribution in [1.29, 1.82) is 0 Å². The molecule has 19 heavy (non-hydrogen) atoms.